The second-order valence-corrected chi connectivity index (χ2v) is 5.30. The third-order valence-electron chi connectivity index (χ3n) is 3.39. The van der Waals surface area contributed by atoms with Crippen LogP contribution < -0.4 is 15.4 Å². The van der Waals surface area contributed by atoms with E-state index in [1.54, 1.807) is 18.4 Å². The van der Waals surface area contributed by atoms with E-state index in [1.807, 2.05) is 36.4 Å². The summed E-state index contributed by atoms with van der Waals surface area (Å²) in [5, 5.41) is 6.52. The average Bonchev–Trinajstić information content (AvgIpc) is 3.16. The summed E-state index contributed by atoms with van der Waals surface area (Å²) in [5.41, 5.74) is 1.02. The molecule has 5 nitrogen and oxygen atoms in total. The number of nitrogens with zero attached hydrogens (tertiary/aromatic N) is 1. The zero-order valence-corrected chi connectivity index (χ0v) is 17.1. The van der Waals surface area contributed by atoms with Crippen molar-refractivity contribution in [3.8, 4) is 5.75 Å². The molecule has 0 saturated carbocycles. The fourth-order valence-corrected chi connectivity index (χ4v) is 2.19. The van der Waals surface area contributed by atoms with Crippen LogP contribution >= 0.6 is 24.0 Å². The number of hydrogen-bond donors (Lipinski definition) is 2. The summed E-state index contributed by atoms with van der Waals surface area (Å²) >= 11 is 0. The van der Waals surface area contributed by atoms with E-state index in [9.17, 15) is 0 Å². The molecule has 0 unspecified atom stereocenters. The van der Waals surface area contributed by atoms with Gasteiger partial charge in [-0.25, -0.2) is 4.99 Å². The first-order valence-corrected chi connectivity index (χ1v) is 8.30. The minimum absolute atomic E-state index is 0. The van der Waals surface area contributed by atoms with Crippen LogP contribution in [0.25, 0.3) is 0 Å². The maximum absolute atomic E-state index is 5.67. The average molecular weight is 467 g/mol. The number of halogens is 1. The molecule has 26 heavy (non-hydrogen) atoms. The Balaban J connectivity index is 0.00000338. The first-order chi connectivity index (χ1) is 12.3. The van der Waals surface area contributed by atoms with Crippen LogP contribution in [0.2, 0.25) is 0 Å². The normalized spacial score (nSPS) is 10.5. The highest BCUT2D eigenvalue weighted by atomic mass is 127. The molecular formula is C20H26IN3O2. The molecule has 140 valence electrons. The number of para-hydroxylation sites is 1. The van der Waals surface area contributed by atoms with Gasteiger partial charge >= 0.3 is 0 Å². The minimum Gasteiger partial charge on any atom is -0.489 e. The maximum atomic E-state index is 5.67. The number of guanidine groups is 1. The summed E-state index contributed by atoms with van der Waals surface area (Å²) in [4.78, 5) is 4.63. The predicted molar refractivity (Wildman–Crippen MR) is 117 cm³/mol. The van der Waals surface area contributed by atoms with E-state index in [1.165, 1.54) is 0 Å². The van der Waals surface area contributed by atoms with Crippen molar-refractivity contribution in [1.82, 2.24) is 10.6 Å². The molecule has 0 radical (unpaired) electrons. The Labute approximate surface area is 172 Å². The van der Waals surface area contributed by atoms with E-state index >= 15 is 0 Å². The predicted octanol–water partition coefficient (Wildman–Crippen LogP) is 3.93. The summed E-state index contributed by atoms with van der Waals surface area (Å²) < 4.78 is 11.0. The van der Waals surface area contributed by atoms with Gasteiger partial charge in [-0.15, -0.1) is 30.6 Å². The Kier molecular flexibility index (Phi) is 10.9. The third-order valence-corrected chi connectivity index (χ3v) is 3.39. The molecule has 1 aromatic carbocycles. The fraction of sp³-hybridized carbons (Fsp3) is 0.250. The molecule has 1 heterocycles. The van der Waals surface area contributed by atoms with Gasteiger partial charge in [0.15, 0.2) is 5.96 Å². The quantitative estimate of drug-likeness (QED) is 0.241. The highest BCUT2D eigenvalue weighted by Crippen LogP contribution is 2.18. The van der Waals surface area contributed by atoms with Gasteiger partial charge in [0.1, 0.15) is 18.1 Å². The van der Waals surface area contributed by atoms with Crippen molar-refractivity contribution in [1.29, 1.82) is 0 Å². The summed E-state index contributed by atoms with van der Waals surface area (Å²) in [6, 6.07) is 11.7. The molecule has 0 aliphatic heterocycles. The first kappa shape index (κ1) is 21.8. The highest BCUT2D eigenvalue weighted by Gasteiger charge is 2.04. The molecule has 0 atom stereocenters. The van der Waals surface area contributed by atoms with Crippen LogP contribution in [0, 0.1) is 0 Å². The number of rotatable bonds is 10. The molecule has 2 rings (SSSR count). The molecule has 0 aliphatic rings. The smallest absolute Gasteiger partial charge is 0.191 e. The van der Waals surface area contributed by atoms with Crippen LogP contribution in [0.3, 0.4) is 0 Å². The van der Waals surface area contributed by atoms with Crippen molar-refractivity contribution in [2.45, 2.75) is 13.0 Å². The molecule has 0 fully saturated rings. The molecule has 2 N–H and O–H groups in total. The van der Waals surface area contributed by atoms with Crippen molar-refractivity contribution < 1.29 is 9.15 Å². The topological polar surface area (TPSA) is 58.8 Å². The largest absolute Gasteiger partial charge is 0.489 e. The molecule has 1 aromatic heterocycles. The third kappa shape index (κ3) is 7.77. The van der Waals surface area contributed by atoms with Crippen LogP contribution in [0.15, 0.2) is 77.4 Å². The van der Waals surface area contributed by atoms with E-state index < -0.39 is 0 Å². The van der Waals surface area contributed by atoms with Gasteiger partial charge in [-0.2, -0.15) is 0 Å². The SMILES string of the molecule is C=CCNC(=NCc1ccccc1OCC=C)NCCc1ccco1.I. The fourth-order valence-electron chi connectivity index (χ4n) is 2.19. The van der Waals surface area contributed by atoms with Gasteiger partial charge in [0.25, 0.3) is 0 Å². The van der Waals surface area contributed by atoms with Crippen LogP contribution in [-0.4, -0.2) is 25.7 Å². The molecule has 0 aliphatic carbocycles. The lowest BCUT2D eigenvalue weighted by atomic mass is 10.2. The number of ether oxygens (including phenoxy) is 1. The van der Waals surface area contributed by atoms with Crippen molar-refractivity contribution in [2.24, 2.45) is 4.99 Å². The van der Waals surface area contributed by atoms with Crippen molar-refractivity contribution in [3.63, 3.8) is 0 Å². The number of furan rings is 1. The molecule has 0 amide bonds. The number of hydrogen-bond acceptors (Lipinski definition) is 3. The van der Waals surface area contributed by atoms with E-state index in [0.717, 1.165) is 36.0 Å². The van der Waals surface area contributed by atoms with Gasteiger partial charge in [0.05, 0.1) is 12.8 Å². The van der Waals surface area contributed by atoms with E-state index in [4.69, 9.17) is 9.15 Å². The summed E-state index contributed by atoms with van der Waals surface area (Å²) in [7, 11) is 0. The Morgan fingerprint density at radius 1 is 1.12 bits per heavy atom. The van der Waals surface area contributed by atoms with Gasteiger partial charge < -0.3 is 19.8 Å². The molecule has 2 aromatic rings. The van der Waals surface area contributed by atoms with Crippen LogP contribution in [0.5, 0.6) is 5.75 Å². The van der Waals surface area contributed by atoms with Crippen molar-refractivity contribution in [3.05, 3.63) is 79.3 Å². The summed E-state index contributed by atoms with van der Waals surface area (Å²) in [6.07, 6.45) is 6.00. The van der Waals surface area contributed by atoms with Crippen LogP contribution in [0.1, 0.15) is 11.3 Å². The van der Waals surface area contributed by atoms with Gasteiger partial charge in [0, 0.05) is 25.1 Å². The van der Waals surface area contributed by atoms with E-state index in [-0.39, 0.29) is 24.0 Å². The molecule has 0 bridgehead atoms. The van der Waals surface area contributed by atoms with Gasteiger partial charge in [-0.3, -0.25) is 0 Å². The molecule has 0 saturated heterocycles. The zero-order chi connectivity index (χ0) is 17.7. The minimum atomic E-state index is 0. The molecule has 6 heteroatoms. The standard InChI is InChI=1S/C20H25N3O2.HI/c1-3-12-21-20(22-13-11-18-9-7-15-24-18)23-16-17-8-5-6-10-19(17)25-14-4-2;/h3-10,15H,1-2,11-14,16H2,(H2,21,22,23);1H. The Morgan fingerprint density at radius 3 is 2.69 bits per heavy atom. The van der Waals surface area contributed by atoms with Crippen LogP contribution in [0.4, 0.5) is 0 Å². The molecular weight excluding hydrogens is 441 g/mol. The monoisotopic (exact) mass is 467 g/mol. The van der Waals surface area contributed by atoms with Crippen molar-refractivity contribution >= 4 is 29.9 Å². The summed E-state index contributed by atoms with van der Waals surface area (Å²) in [6.45, 7) is 9.77. The van der Waals surface area contributed by atoms with E-state index in [0.29, 0.717) is 19.7 Å². The van der Waals surface area contributed by atoms with E-state index in [2.05, 4.69) is 28.8 Å². The Hall–Kier alpha value is -2.22. The van der Waals surface area contributed by atoms with Gasteiger partial charge in [-0.1, -0.05) is 36.9 Å². The number of benzene rings is 1. The zero-order valence-electron chi connectivity index (χ0n) is 14.8. The second-order valence-electron chi connectivity index (χ2n) is 5.30. The van der Waals surface area contributed by atoms with Crippen molar-refractivity contribution in [2.75, 3.05) is 19.7 Å². The van der Waals surface area contributed by atoms with Gasteiger partial charge in [-0.05, 0) is 18.2 Å². The highest BCUT2D eigenvalue weighted by molar-refractivity contribution is 14.0. The lowest BCUT2D eigenvalue weighted by molar-refractivity contribution is 0.359. The Morgan fingerprint density at radius 2 is 1.96 bits per heavy atom. The maximum Gasteiger partial charge on any atom is 0.191 e. The van der Waals surface area contributed by atoms with Gasteiger partial charge in [0.2, 0.25) is 0 Å². The lowest BCUT2D eigenvalue weighted by Crippen LogP contribution is -2.38. The second kappa shape index (κ2) is 13.0. The molecule has 0 spiro atoms. The van der Waals surface area contributed by atoms with Crippen LogP contribution in [-0.2, 0) is 13.0 Å². The first-order valence-electron chi connectivity index (χ1n) is 8.30. The number of aliphatic imine (C=N–C) groups is 1. The lowest BCUT2D eigenvalue weighted by Gasteiger charge is -2.12. The Bertz CT molecular complexity index is 684. The number of nitrogens with one attached hydrogen (secondary N) is 2. The summed E-state index contributed by atoms with van der Waals surface area (Å²) in [5.74, 6) is 2.49.